The molecule has 0 aromatic rings. The van der Waals surface area contributed by atoms with Crippen LogP contribution < -0.4 is 0 Å². The molecule has 418 valence electrons. The van der Waals surface area contributed by atoms with Gasteiger partial charge < -0.3 is 14.2 Å². The fourth-order valence-corrected chi connectivity index (χ4v) is 8.57. The van der Waals surface area contributed by atoms with Gasteiger partial charge in [-0.2, -0.15) is 0 Å². The first-order chi connectivity index (χ1) is 36.0. The molecule has 0 fully saturated rings. The van der Waals surface area contributed by atoms with E-state index in [1.165, 1.54) is 154 Å². The molecule has 0 N–H and O–H groups in total. The molecular weight excluding hydrogens is 901 g/mol. The van der Waals surface area contributed by atoms with Crippen LogP contribution in [0.3, 0.4) is 0 Å². The van der Waals surface area contributed by atoms with Gasteiger partial charge in [0.1, 0.15) is 13.2 Å². The molecule has 0 spiro atoms. The van der Waals surface area contributed by atoms with Crippen molar-refractivity contribution < 1.29 is 28.6 Å². The molecule has 73 heavy (non-hydrogen) atoms. The van der Waals surface area contributed by atoms with Crippen LogP contribution in [0.2, 0.25) is 0 Å². The number of ether oxygens (including phenoxy) is 3. The minimum atomic E-state index is -0.806. The quantitative estimate of drug-likeness (QED) is 0.0261. The summed E-state index contributed by atoms with van der Waals surface area (Å²) < 4.78 is 16.8. The van der Waals surface area contributed by atoms with E-state index in [-0.39, 0.29) is 37.5 Å². The number of carbonyl (C=O) groups is 3. The molecule has 0 aliphatic rings. The van der Waals surface area contributed by atoms with Crippen LogP contribution in [-0.2, 0) is 28.6 Å². The Hall–Kier alpha value is -3.67. The first-order valence-electron chi connectivity index (χ1n) is 30.7. The normalized spacial score (nSPS) is 12.8. The fourth-order valence-electron chi connectivity index (χ4n) is 8.57. The van der Waals surface area contributed by atoms with Gasteiger partial charge in [0, 0.05) is 19.3 Å². The van der Waals surface area contributed by atoms with Gasteiger partial charge in [0.05, 0.1) is 0 Å². The van der Waals surface area contributed by atoms with Crippen LogP contribution in [0.1, 0.15) is 290 Å². The number of allylic oxidation sites excluding steroid dienone is 16. The minimum Gasteiger partial charge on any atom is -0.462 e. The van der Waals surface area contributed by atoms with Crippen molar-refractivity contribution in [3.8, 4) is 0 Å². The highest BCUT2D eigenvalue weighted by Gasteiger charge is 2.19. The van der Waals surface area contributed by atoms with E-state index in [0.29, 0.717) is 19.3 Å². The molecule has 0 bridgehead atoms. The molecule has 0 heterocycles. The number of esters is 3. The number of hydrogen-bond acceptors (Lipinski definition) is 6. The predicted molar refractivity (Wildman–Crippen MR) is 316 cm³/mol. The standard InChI is InChI=1S/C67H114O6/c1-4-7-10-13-16-19-22-25-27-29-30-31-32-33-34-35-36-38-39-42-45-48-51-54-57-60-66(69)72-63-64(62-71-65(68)59-56-53-50-47-44-41-24-21-18-15-12-9-6-3)73-67(70)61-58-55-52-49-46-43-40-37-28-26-23-20-17-14-11-8-5-2/h7,9-10,12,16,18-19,21,25,27,30-31,41,44,50,53,64H,4-6,8,11,13-15,17,20,22-24,26,28-29,32-40,42-43,45-49,51-52,54-63H2,1-3H3/b10-7-,12-9-,19-16-,21-18-,27-25-,31-30-,44-41-,53-50-. The topological polar surface area (TPSA) is 78.9 Å². The van der Waals surface area contributed by atoms with Gasteiger partial charge in [-0.3, -0.25) is 14.4 Å². The largest absolute Gasteiger partial charge is 0.462 e. The molecular formula is C67H114O6. The smallest absolute Gasteiger partial charge is 0.306 e. The lowest BCUT2D eigenvalue weighted by atomic mass is 10.0. The van der Waals surface area contributed by atoms with E-state index in [4.69, 9.17) is 14.2 Å². The molecule has 0 aromatic heterocycles. The summed E-state index contributed by atoms with van der Waals surface area (Å²) >= 11 is 0. The van der Waals surface area contributed by atoms with Crippen molar-refractivity contribution in [3.63, 3.8) is 0 Å². The van der Waals surface area contributed by atoms with Crippen molar-refractivity contribution in [2.24, 2.45) is 0 Å². The average Bonchev–Trinajstić information content (AvgIpc) is 3.39. The summed E-state index contributed by atoms with van der Waals surface area (Å²) in [7, 11) is 0. The Morgan fingerprint density at radius 3 is 0.918 bits per heavy atom. The third-order valence-electron chi connectivity index (χ3n) is 13.1. The van der Waals surface area contributed by atoms with Crippen molar-refractivity contribution in [2.45, 2.75) is 297 Å². The summed E-state index contributed by atoms with van der Waals surface area (Å²) in [5, 5.41) is 0. The van der Waals surface area contributed by atoms with Gasteiger partial charge >= 0.3 is 17.9 Å². The molecule has 0 saturated heterocycles. The summed E-state index contributed by atoms with van der Waals surface area (Å²) in [6, 6.07) is 0. The molecule has 0 aliphatic carbocycles. The van der Waals surface area contributed by atoms with Gasteiger partial charge in [0.15, 0.2) is 6.10 Å². The molecule has 1 unspecified atom stereocenters. The van der Waals surface area contributed by atoms with E-state index < -0.39 is 6.10 Å². The zero-order valence-corrected chi connectivity index (χ0v) is 47.9. The molecule has 0 saturated carbocycles. The first kappa shape index (κ1) is 69.3. The Morgan fingerprint density at radius 2 is 0.562 bits per heavy atom. The number of hydrogen-bond donors (Lipinski definition) is 0. The van der Waals surface area contributed by atoms with Crippen LogP contribution in [0.15, 0.2) is 97.2 Å². The van der Waals surface area contributed by atoms with Gasteiger partial charge in [-0.25, -0.2) is 0 Å². The minimum absolute atomic E-state index is 0.0982. The Kier molecular flexibility index (Phi) is 57.8. The summed E-state index contributed by atoms with van der Waals surface area (Å²) in [5.41, 5.74) is 0. The van der Waals surface area contributed by atoms with Crippen LogP contribution in [0.4, 0.5) is 0 Å². The highest BCUT2D eigenvalue weighted by Crippen LogP contribution is 2.17. The maximum absolute atomic E-state index is 12.9. The van der Waals surface area contributed by atoms with Gasteiger partial charge in [0.2, 0.25) is 0 Å². The average molecular weight is 1020 g/mol. The molecule has 0 aliphatic heterocycles. The molecule has 6 nitrogen and oxygen atoms in total. The highest BCUT2D eigenvalue weighted by molar-refractivity contribution is 5.71. The lowest BCUT2D eigenvalue weighted by Gasteiger charge is -2.18. The molecule has 0 aromatic carbocycles. The van der Waals surface area contributed by atoms with Gasteiger partial charge in [-0.05, 0) is 83.5 Å². The van der Waals surface area contributed by atoms with Crippen molar-refractivity contribution in [1.82, 2.24) is 0 Å². The number of unbranched alkanes of at least 4 members (excludes halogenated alkanes) is 28. The van der Waals surface area contributed by atoms with Crippen molar-refractivity contribution >= 4 is 17.9 Å². The summed E-state index contributed by atoms with van der Waals surface area (Å²) in [6.07, 6.45) is 81.4. The molecule has 0 rings (SSSR count). The molecule has 0 amide bonds. The first-order valence-corrected chi connectivity index (χ1v) is 30.7. The van der Waals surface area contributed by atoms with Gasteiger partial charge in [-0.1, -0.05) is 285 Å². The second kappa shape index (κ2) is 60.9. The van der Waals surface area contributed by atoms with E-state index in [1.54, 1.807) is 0 Å². The lowest BCUT2D eigenvalue weighted by molar-refractivity contribution is -0.166. The van der Waals surface area contributed by atoms with Crippen molar-refractivity contribution in [3.05, 3.63) is 97.2 Å². The Bertz CT molecular complexity index is 1440. The van der Waals surface area contributed by atoms with E-state index in [2.05, 4.69) is 112 Å². The van der Waals surface area contributed by atoms with E-state index in [1.807, 2.05) is 6.08 Å². The highest BCUT2D eigenvalue weighted by atomic mass is 16.6. The van der Waals surface area contributed by atoms with Crippen molar-refractivity contribution in [2.75, 3.05) is 13.2 Å². The monoisotopic (exact) mass is 1010 g/mol. The zero-order valence-electron chi connectivity index (χ0n) is 47.9. The SMILES string of the molecule is CC/C=C\C/C=C\C/C=C\C/C=C\CCCCCCCCCCCCCCC(=O)OCC(COC(=O)CC/C=C\C/C=C\C/C=C\C/C=C\CC)OC(=O)CCCCCCCCCCCCCCCCCCC. The van der Waals surface area contributed by atoms with Crippen LogP contribution in [0.25, 0.3) is 0 Å². The molecule has 6 heteroatoms. The van der Waals surface area contributed by atoms with E-state index in [9.17, 15) is 14.4 Å². The summed E-state index contributed by atoms with van der Waals surface area (Å²) in [6.45, 7) is 6.37. The Labute approximate surface area is 451 Å². The second-order valence-electron chi connectivity index (χ2n) is 20.2. The number of carbonyl (C=O) groups excluding carboxylic acids is 3. The third kappa shape index (κ3) is 59.1. The Balaban J connectivity index is 4.33. The van der Waals surface area contributed by atoms with Crippen LogP contribution in [0.5, 0.6) is 0 Å². The van der Waals surface area contributed by atoms with Crippen LogP contribution >= 0.6 is 0 Å². The predicted octanol–water partition coefficient (Wildman–Crippen LogP) is 20.9. The Morgan fingerprint density at radius 1 is 0.288 bits per heavy atom. The van der Waals surface area contributed by atoms with Crippen LogP contribution in [0, 0.1) is 0 Å². The maximum atomic E-state index is 12.9. The maximum Gasteiger partial charge on any atom is 0.306 e. The second-order valence-corrected chi connectivity index (χ2v) is 20.2. The molecule has 0 radical (unpaired) electrons. The fraction of sp³-hybridized carbons (Fsp3) is 0.716. The van der Waals surface area contributed by atoms with E-state index in [0.717, 1.165) is 89.9 Å². The summed E-state index contributed by atoms with van der Waals surface area (Å²) in [4.78, 5) is 38.2. The lowest BCUT2D eigenvalue weighted by Crippen LogP contribution is -2.30. The van der Waals surface area contributed by atoms with Crippen molar-refractivity contribution in [1.29, 1.82) is 0 Å². The summed E-state index contributed by atoms with van der Waals surface area (Å²) in [5.74, 6) is -0.975. The van der Waals surface area contributed by atoms with Gasteiger partial charge in [-0.15, -0.1) is 0 Å². The third-order valence-corrected chi connectivity index (χ3v) is 13.1. The zero-order chi connectivity index (χ0) is 52.9. The van der Waals surface area contributed by atoms with Gasteiger partial charge in [0.25, 0.3) is 0 Å². The number of rotatable bonds is 55. The van der Waals surface area contributed by atoms with Crippen LogP contribution in [-0.4, -0.2) is 37.2 Å². The van der Waals surface area contributed by atoms with E-state index >= 15 is 0 Å². The molecule has 1 atom stereocenters.